The molecule has 1 aromatic heterocycles. The molecule has 1 aliphatic carbocycles. The molecule has 2 unspecified atom stereocenters. The van der Waals surface area contributed by atoms with Gasteiger partial charge in [0.05, 0.1) is 15.0 Å². The van der Waals surface area contributed by atoms with Crippen molar-refractivity contribution in [2.24, 2.45) is 4.36 Å². The van der Waals surface area contributed by atoms with Crippen molar-refractivity contribution in [3.63, 3.8) is 0 Å². The summed E-state index contributed by atoms with van der Waals surface area (Å²) in [6, 6.07) is 19.4. The van der Waals surface area contributed by atoms with E-state index < -0.39 is 15.8 Å². The Bertz CT molecular complexity index is 1360. The molecule has 2 heterocycles. The number of benzene rings is 2. The Balaban J connectivity index is 1.48. The number of aromatic nitrogens is 1. The maximum absolute atomic E-state index is 13.8. The Morgan fingerprint density at radius 3 is 2.35 bits per heavy atom. The number of nitrogens with zero attached hydrogens (tertiary/aromatic N) is 3. The zero-order valence-electron chi connectivity index (χ0n) is 18.1. The van der Waals surface area contributed by atoms with E-state index in [2.05, 4.69) is 9.35 Å². The summed E-state index contributed by atoms with van der Waals surface area (Å²) in [6.45, 7) is 0.106. The van der Waals surface area contributed by atoms with Gasteiger partial charge in [-0.25, -0.2) is 14.0 Å². The minimum absolute atomic E-state index is 0.106. The molecule has 0 spiro atoms. The van der Waals surface area contributed by atoms with Crippen LogP contribution in [0.4, 0.5) is 4.79 Å². The van der Waals surface area contributed by atoms with Gasteiger partial charge in [-0.15, -0.1) is 0 Å². The number of thiocarbonyl (C=S) groups is 1. The maximum Gasteiger partial charge on any atom is 0.413 e. The quantitative estimate of drug-likeness (QED) is 0.338. The molecule has 34 heavy (non-hydrogen) atoms. The van der Waals surface area contributed by atoms with Crippen molar-refractivity contribution in [3.05, 3.63) is 88.7 Å². The van der Waals surface area contributed by atoms with Gasteiger partial charge in [-0.05, 0) is 58.9 Å². The van der Waals surface area contributed by atoms with E-state index in [4.69, 9.17) is 23.8 Å². The molecule has 2 aliphatic rings. The number of rotatable bonds is 3. The van der Waals surface area contributed by atoms with E-state index in [9.17, 15) is 14.1 Å². The van der Waals surface area contributed by atoms with Gasteiger partial charge in [-0.1, -0.05) is 66.2 Å². The number of halogens is 1. The first-order chi connectivity index (χ1) is 16.4. The average Bonchev–Trinajstić information content (AvgIpc) is 3.35. The third-order valence-electron chi connectivity index (χ3n) is 6.49. The SMILES string of the molecule is O=C(O)N(CC1c2ccccc2-c2ccccc21)C(=S)N=S1(=O)CCCC1c1ccc(Cl)nc1. The van der Waals surface area contributed by atoms with Crippen LogP contribution >= 0.6 is 23.8 Å². The second-order valence-electron chi connectivity index (χ2n) is 8.43. The van der Waals surface area contributed by atoms with Crippen LogP contribution in [0.3, 0.4) is 0 Å². The monoisotopic (exact) mass is 511 g/mol. The molecule has 3 aromatic rings. The van der Waals surface area contributed by atoms with Crippen molar-refractivity contribution in [3.8, 4) is 11.1 Å². The molecule has 1 aliphatic heterocycles. The van der Waals surface area contributed by atoms with E-state index >= 15 is 0 Å². The highest BCUT2D eigenvalue weighted by molar-refractivity contribution is 7.95. The van der Waals surface area contributed by atoms with Crippen LogP contribution in [-0.4, -0.2) is 42.7 Å². The highest BCUT2D eigenvalue weighted by atomic mass is 35.5. The van der Waals surface area contributed by atoms with E-state index in [0.717, 1.165) is 32.7 Å². The number of hydrogen-bond donors (Lipinski definition) is 1. The lowest BCUT2D eigenvalue weighted by molar-refractivity contribution is 0.168. The molecule has 2 aromatic carbocycles. The van der Waals surface area contributed by atoms with Crippen molar-refractivity contribution >= 4 is 44.8 Å². The molecule has 2 atom stereocenters. The number of hydrogen-bond acceptors (Lipinski definition) is 4. The predicted octanol–water partition coefficient (Wildman–Crippen LogP) is 6.12. The Morgan fingerprint density at radius 2 is 1.76 bits per heavy atom. The van der Waals surface area contributed by atoms with Crippen molar-refractivity contribution in [1.82, 2.24) is 9.88 Å². The lowest BCUT2D eigenvalue weighted by Gasteiger charge is -2.24. The summed E-state index contributed by atoms with van der Waals surface area (Å²) in [4.78, 5) is 17.4. The van der Waals surface area contributed by atoms with Crippen LogP contribution in [0.1, 0.15) is 40.7 Å². The number of fused-ring (bicyclic) bond motifs is 3. The zero-order chi connectivity index (χ0) is 23.9. The summed E-state index contributed by atoms with van der Waals surface area (Å²) in [7, 11) is -2.80. The Morgan fingerprint density at radius 1 is 1.12 bits per heavy atom. The summed E-state index contributed by atoms with van der Waals surface area (Å²) in [6.07, 6.45) is 1.79. The summed E-state index contributed by atoms with van der Waals surface area (Å²) in [5.74, 6) is 0.178. The van der Waals surface area contributed by atoms with Gasteiger partial charge >= 0.3 is 6.09 Å². The Kier molecular flexibility index (Phi) is 6.14. The van der Waals surface area contributed by atoms with Crippen molar-refractivity contribution in [2.45, 2.75) is 24.0 Å². The second-order valence-corrected chi connectivity index (χ2v) is 11.7. The molecular weight excluding hydrogens is 490 g/mol. The Hall–Kier alpha value is -2.81. The fourth-order valence-electron chi connectivity index (χ4n) is 4.93. The van der Waals surface area contributed by atoms with Gasteiger partial charge in [0.2, 0.25) is 5.11 Å². The maximum atomic E-state index is 13.8. The van der Waals surface area contributed by atoms with Gasteiger partial charge in [0.1, 0.15) is 5.15 Å². The first-order valence-corrected chi connectivity index (χ1v) is 13.5. The minimum Gasteiger partial charge on any atom is -0.465 e. The van der Waals surface area contributed by atoms with Crippen molar-refractivity contribution in [2.75, 3.05) is 12.3 Å². The van der Waals surface area contributed by atoms with E-state index in [0.29, 0.717) is 23.7 Å². The zero-order valence-corrected chi connectivity index (χ0v) is 20.5. The molecule has 1 fully saturated rings. The molecule has 0 bridgehead atoms. The molecule has 1 amide bonds. The van der Waals surface area contributed by atoms with E-state index in [1.165, 1.54) is 0 Å². The Labute approximate surface area is 208 Å². The third kappa shape index (κ3) is 4.10. The molecule has 0 radical (unpaired) electrons. The van der Waals surface area contributed by atoms with Crippen LogP contribution in [0.15, 0.2) is 71.2 Å². The molecule has 1 N–H and O–H groups in total. The van der Waals surface area contributed by atoms with Crippen LogP contribution in [0.2, 0.25) is 5.15 Å². The van der Waals surface area contributed by atoms with Gasteiger partial charge in [0, 0.05) is 24.4 Å². The molecule has 9 heteroatoms. The van der Waals surface area contributed by atoms with E-state index in [1.807, 2.05) is 48.5 Å². The van der Waals surface area contributed by atoms with Crippen molar-refractivity contribution < 1.29 is 14.1 Å². The van der Waals surface area contributed by atoms with Crippen molar-refractivity contribution in [1.29, 1.82) is 0 Å². The molecular formula is C25H22ClN3O3S2. The van der Waals surface area contributed by atoms with Gasteiger partial charge in [0.15, 0.2) is 0 Å². The number of carbonyl (C=O) groups is 1. The van der Waals surface area contributed by atoms with Gasteiger partial charge < -0.3 is 5.11 Å². The van der Waals surface area contributed by atoms with Gasteiger partial charge in [-0.3, -0.25) is 4.90 Å². The van der Waals surface area contributed by atoms with Gasteiger partial charge in [-0.2, -0.15) is 4.36 Å². The fourth-order valence-corrected chi connectivity index (χ4v) is 8.12. The normalized spacial score (nSPS) is 21.0. The van der Waals surface area contributed by atoms with Gasteiger partial charge in [0.25, 0.3) is 0 Å². The highest BCUT2D eigenvalue weighted by Crippen LogP contribution is 2.45. The fraction of sp³-hybridized carbons (Fsp3) is 0.240. The van der Waals surface area contributed by atoms with E-state index in [1.54, 1.807) is 18.3 Å². The smallest absolute Gasteiger partial charge is 0.413 e. The van der Waals surface area contributed by atoms with Crippen LogP contribution in [0.5, 0.6) is 0 Å². The first-order valence-electron chi connectivity index (χ1n) is 10.9. The molecule has 174 valence electrons. The topological polar surface area (TPSA) is 82.9 Å². The van der Waals surface area contributed by atoms with Crippen LogP contribution < -0.4 is 0 Å². The number of amides is 1. The third-order valence-corrected chi connectivity index (χ3v) is 9.90. The predicted molar refractivity (Wildman–Crippen MR) is 138 cm³/mol. The average molecular weight is 512 g/mol. The standard InChI is InChI=1S/C25H22ClN3O3S2/c26-23-12-11-16(14-27-23)22-10-5-13-34(22,32)28-24(33)29(25(30)31)15-21-19-8-3-1-6-17(19)18-7-2-4-9-20(18)21/h1-4,6-9,11-12,14,21-22H,5,10,13,15H2,(H,30,31). The highest BCUT2D eigenvalue weighted by Gasteiger charge is 2.35. The van der Waals surface area contributed by atoms with E-state index in [-0.39, 0.29) is 22.8 Å². The van der Waals surface area contributed by atoms with Crippen LogP contribution in [0, 0.1) is 0 Å². The molecule has 6 nitrogen and oxygen atoms in total. The number of pyridine rings is 1. The number of carboxylic acid groups (broad SMARTS) is 1. The minimum atomic E-state index is -2.80. The summed E-state index contributed by atoms with van der Waals surface area (Å²) < 4.78 is 18.2. The second kappa shape index (κ2) is 9.09. The van der Waals surface area contributed by atoms with Crippen LogP contribution in [-0.2, 0) is 9.73 Å². The summed E-state index contributed by atoms with van der Waals surface area (Å²) in [5, 5.41) is 9.87. The summed E-state index contributed by atoms with van der Waals surface area (Å²) in [5.41, 5.74) is 5.06. The molecule has 0 saturated carbocycles. The van der Waals surface area contributed by atoms with Crippen LogP contribution in [0.25, 0.3) is 11.1 Å². The lowest BCUT2D eigenvalue weighted by atomic mass is 9.96. The molecule has 5 rings (SSSR count). The summed E-state index contributed by atoms with van der Waals surface area (Å²) >= 11 is 11.4. The lowest BCUT2D eigenvalue weighted by Crippen LogP contribution is -2.37. The largest absolute Gasteiger partial charge is 0.465 e. The first kappa shape index (κ1) is 23.0. The molecule has 1 saturated heterocycles.